The van der Waals surface area contributed by atoms with Crippen LogP contribution in [0.1, 0.15) is 13.8 Å². The maximum Gasteiger partial charge on any atom is 0.143 e. The molecule has 0 amide bonds. The van der Waals surface area contributed by atoms with Gasteiger partial charge in [0.1, 0.15) is 11.9 Å². The van der Waals surface area contributed by atoms with E-state index >= 15 is 0 Å². The van der Waals surface area contributed by atoms with E-state index in [0.29, 0.717) is 0 Å². The van der Waals surface area contributed by atoms with Gasteiger partial charge >= 0.3 is 0 Å². The van der Waals surface area contributed by atoms with E-state index in [1.807, 2.05) is 6.92 Å². The lowest BCUT2D eigenvalue weighted by Crippen LogP contribution is -2.38. The minimum atomic E-state index is 0.0971. The molecule has 1 aliphatic heterocycles. The first kappa shape index (κ1) is 9.46. The average Bonchev–Trinajstić information content (AvgIpc) is 2.29. The molecule has 1 nitrogen and oxygen atoms in total. The highest BCUT2D eigenvalue weighted by atomic mass is 16.5. The molecule has 1 unspecified atom stereocenters. The van der Waals surface area contributed by atoms with Crippen molar-refractivity contribution in [1.82, 2.24) is 0 Å². The fraction of sp³-hybridized carbons (Fsp3) is 0.200. The Morgan fingerprint density at radius 2 is 1.81 bits per heavy atom. The first-order chi connectivity index (χ1) is 7.77. The van der Waals surface area contributed by atoms with E-state index < -0.39 is 0 Å². The summed E-state index contributed by atoms with van der Waals surface area (Å²) >= 11 is 0. The van der Waals surface area contributed by atoms with Crippen molar-refractivity contribution in [3.05, 3.63) is 58.5 Å². The van der Waals surface area contributed by atoms with Crippen LogP contribution >= 0.6 is 0 Å². The Bertz CT molecular complexity index is 617. The standard InChI is InChI=1S/C15H14O/c1-10-6-5-9-14-15(10)13-8-4-3-7-12(13)11(2)16-14/h3-9,14H,1-2H3. The lowest BCUT2D eigenvalue weighted by atomic mass is 9.92. The second-order valence-electron chi connectivity index (χ2n) is 4.29. The van der Waals surface area contributed by atoms with Crippen LogP contribution in [0.25, 0.3) is 11.3 Å². The normalized spacial score (nSPS) is 22.1. The van der Waals surface area contributed by atoms with Crippen molar-refractivity contribution in [2.75, 3.05) is 0 Å². The predicted molar refractivity (Wildman–Crippen MR) is 66.0 cm³/mol. The monoisotopic (exact) mass is 210 g/mol. The minimum absolute atomic E-state index is 0.0971. The van der Waals surface area contributed by atoms with E-state index in [-0.39, 0.29) is 6.10 Å². The number of ether oxygens (including phenoxy) is 1. The molecule has 0 saturated carbocycles. The van der Waals surface area contributed by atoms with Crippen LogP contribution in [-0.2, 0) is 4.74 Å². The lowest BCUT2D eigenvalue weighted by molar-refractivity contribution is 0.250. The fourth-order valence-electron chi connectivity index (χ4n) is 2.45. The van der Waals surface area contributed by atoms with E-state index in [2.05, 4.69) is 49.4 Å². The van der Waals surface area contributed by atoms with Crippen molar-refractivity contribution >= 4 is 11.3 Å². The van der Waals surface area contributed by atoms with Gasteiger partial charge in [-0.25, -0.2) is 0 Å². The Hall–Kier alpha value is -1.76. The van der Waals surface area contributed by atoms with E-state index in [9.17, 15) is 0 Å². The van der Waals surface area contributed by atoms with E-state index in [4.69, 9.17) is 4.74 Å². The van der Waals surface area contributed by atoms with Crippen LogP contribution in [0.4, 0.5) is 0 Å². The third kappa shape index (κ3) is 1.25. The molecule has 1 aromatic rings. The molecule has 1 heteroatoms. The largest absolute Gasteiger partial charge is 0.486 e. The number of hydrogen-bond acceptors (Lipinski definition) is 1. The number of hydrogen-bond donors (Lipinski definition) is 0. The number of rotatable bonds is 0. The summed E-state index contributed by atoms with van der Waals surface area (Å²) in [6.07, 6.45) is 6.43. The Morgan fingerprint density at radius 1 is 1.06 bits per heavy atom. The van der Waals surface area contributed by atoms with Gasteiger partial charge in [0.2, 0.25) is 0 Å². The number of benzene rings is 1. The van der Waals surface area contributed by atoms with Crippen LogP contribution in [-0.4, -0.2) is 6.10 Å². The quantitative estimate of drug-likeness (QED) is 0.635. The van der Waals surface area contributed by atoms with Crippen LogP contribution in [0.5, 0.6) is 0 Å². The molecule has 0 fully saturated rings. The molecule has 1 heterocycles. The molecule has 1 atom stereocenters. The minimum Gasteiger partial charge on any atom is -0.486 e. The van der Waals surface area contributed by atoms with Gasteiger partial charge in [-0.05, 0) is 30.7 Å². The molecule has 0 N–H and O–H groups in total. The topological polar surface area (TPSA) is 9.23 Å². The van der Waals surface area contributed by atoms with E-state index in [1.165, 1.54) is 21.6 Å². The van der Waals surface area contributed by atoms with Gasteiger partial charge in [-0.1, -0.05) is 36.4 Å². The van der Waals surface area contributed by atoms with Gasteiger partial charge < -0.3 is 4.74 Å². The Balaban J connectivity index is 2.47. The zero-order chi connectivity index (χ0) is 11.1. The summed E-state index contributed by atoms with van der Waals surface area (Å²) in [6, 6.07) is 8.46. The molecule has 80 valence electrons. The molecule has 1 aromatic carbocycles. The maximum absolute atomic E-state index is 5.94. The van der Waals surface area contributed by atoms with Crippen LogP contribution in [0.2, 0.25) is 0 Å². The summed E-state index contributed by atoms with van der Waals surface area (Å²) in [5.41, 5.74) is 2.61. The zero-order valence-corrected chi connectivity index (χ0v) is 9.53. The zero-order valence-electron chi connectivity index (χ0n) is 9.53. The summed E-state index contributed by atoms with van der Waals surface area (Å²) in [5.74, 6) is 1.02. The predicted octanol–water partition coefficient (Wildman–Crippen LogP) is 1.88. The summed E-state index contributed by atoms with van der Waals surface area (Å²) in [4.78, 5) is 0. The second kappa shape index (κ2) is 3.38. The van der Waals surface area contributed by atoms with Crippen molar-refractivity contribution in [1.29, 1.82) is 0 Å². The molecular weight excluding hydrogens is 196 g/mol. The first-order valence-electron chi connectivity index (χ1n) is 5.59. The van der Waals surface area contributed by atoms with Crippen molar-refractivity contribution in [3.63, 3.8) is 0 Å². The molecule has 0 bridgehead atoms. The Labute approximate surface area is 95.1 Å². The van der Waals surface area contributed by atoms with Gasteiger partial charge in [0.05, 0.1) is 0 Å². The van der Waals surface area contributed by atoms with Gasteiger partial charge in [-0.3, -0.25) is 0 Å². The van der Waals surface area contributed by atoms with E-state index in [1.54, 1.807) is 0 Å². The third-order valence-corrected chi connectivity index (χ3v) is 3.24. The van der Waals surface area contributed by atoms with Gasteiger partial charge in [0, 0.05) is 10.8 Å². The molecule has 1 aliphatic carbocycles. The number of fused-ring (bicyclic) bond motifs is 2. The molecular formula is C15H14O. The molecule has 0 spiro atoms. The van der Waals surface area contributed by atoms with Crippen molar-refractivity contribution < 1.29 is 4.74 Å². The summed E-state index contributed by atoms with van der Waals surface area (Å²) < 4.78 is 5.94. The molecule has 0 saturated heterocycles. The Morgan fingerprint density at radius 3 is 2.62 bits per heavy atom. The first-order valence-corrected chi connectivity index (χ1v) is 5.59. The van der Waals surface area contributed by atoms with Crippen molar-refractivity contribution in [2.45, 2.75) is 20.0 Å². The highest BCUT2D eigenvalue weighted by Gasteiger charge is 2.21. The third-order valence-electron chi connectivity index (χ3n) is 3.24. The molecule has 0 aromatic heterocycles. The fourth-order valence-corrected chi connectivity index (χ4v) is 2.45. The highest BCUT2D eigenvalue weighted by Crippen LogP contribution is 2.25. The van der Waals surface area contributed by atoms with Gasteiger partial charge in [-0.15, -0.1) is 0 Å². The summed E-state index contributed by atoms with van der Waals surface area (Å²) in [6.45, 7) is 4.18. The molecule has 0 radical (unpaired) electrons. The SMILES string of the molecule is CC1=CC=CC2OC(C)=c3ccccc3=C12. The summed E-state index contributed by atoms with van der Waals surface area (Å²) in [7, 11) is 0. The maximum atomic E-state index is 5.94. The average molecular weight is 210 g/mol. The van der Waals surface area contributed by atoms with Crippen LogP contribution in [0.3, 0.4) is 0 Å². The van der Waals surface area contributed by atoms with Crippen molar-refractivity contribution in [2.24, 2.45) is 0 Å². The van der Waals surface area contributed by atoms with E-state index in [0.717, 1.165) is 5.76 Å². The second-order valence-corrected chi connectivity index (χ2v) is 4.29. The van der Waals surface area contributed by atoms with Crippen LogP contribution < -0.4 is 10.4 Å². The highest BCUT2D eigenvalue weighted by molar-refractivity contribution is 5.73. The molecule has 16 heavy (non-hydrogen) atoms. The van der Waals surface area contributed by atoms with Crippen LogP contribution in [0.15, 0.2) is 48.1 Å². The van der Waals surface area contributed by atoms with Gasteiger partial charge in [0.15, 0.2) is 0 Å². The van der Waals surface area contributed by atoms with Crippen LogP contribution in [0, 0.1) is 0 Å². The molecule has 3 rings (SSSR count). The number of allylic oxidation sites excluding steroid dienone is 2. The smallest absolute Gasteiger partial charge is 0.143 e. The lowest BCUT2D eigenvalue weighted by Gasteiger charge is -2.26. The summed E-state index contributed by atoms with van der Waals surface area (Å²) in [5, 5.41) is 2.53. The van der Waals surface area contributed by atoms with Gasteiger partial charge in [0.25, 0.3) is 0 Å². The Kier molecular flexibility index (Phi) is 2.00. The van der Waals surface area contributed by atoms with Crippen molar-refractivity contribution in [3.8, 4) is 0 Å². The molecule has 2 aliphatic rings. The van der Waals surface area contributed by atoms with Gasteiger partial charge in [-0.2, -0.15) is 0 Å².